The number of aliphatic carboxylic acids is 1. The molecule has 0 fully saturated rings. The zero-order chi connectivity index (χ0) is 13.1. The van der Waals surface area contributed by atoms with Crippen LogP contribution in [0, 0.1) is 0 Å². The lowest BCUT2D eigenvalue weighted by Crippen LogP contribution is -2.33. The highest BCUT2D eigenvalue weighted by Crippen LogP contribution is 2.19. The molecular formula is C10H12BrNO4S. The highest BCUT2D eigenvalue weighted by Gasteiger charge is 2.21. The van der Waals surface area contributed by atoms with E-state index in [0.717, 1.165) is 4.31 Å². The first kappa shape index (κ1) is 14.1. The minimum atomic E-state index is -3.61. The lowest BCUT2D eigenvalue weighted by molar-refractivity contribution is -0.137. The molecule has 0 bridgehead atoms. The van der Waals surface area contributed by atoms with Gasteiger partial charge in [-0.1, -0.05) is 34.1 Å². The summed E-state index contributed by atoms with van der Waals surface area (Å²) in [6.07, 6.45) is 0. The van der Waals surface area contributed by atoms with Gasteiger partial charge in [-0.2, -0.15) is 4.31 Å². The summed E-state index contributed by atoms with van der Waals surface area (Å²) in [6, 6.07) is 6.92. The van der Waals surface area contributed by atoms with Crippen molar-refractivity contribution in [2.24, 2.45) is 0 Å². The smallest absolute Gasteiger partial charge is 0.318 e. The SMILES string of the molecule is CN(CC(=O)O)S(=O)(=O)Cc1ccccc1Br. The van der Waals surface area contributed by atoms with Crippen LogP contribution in [0.3, 0.4) is 0 Å². The molecule has 1 aromatic rings. The number of likely N-dealkylation sites (N-methyl/N-ethyl adjacent to an activating group) is 1. The zero-order valence-electron chi connectivity index (χ0n) is 9.13. The van der Waals surface area contributed by atoms with Gasteiger partial charge < -0.3 is 5.11 Å². The second-order valence-electron chi connectivity index (χ2n) is 3.50. The fourth-order valence-corrected chi connectivity index (χ4v) is 2.99. The third kappa shape index (κ3) is 4.10. The Morgan fingerprint density at radius 2 is 2.00 bits per heavy atom. The summed E-state index contributed by atoms with van der Waals surface area (Å²) in [7, 11) is -2.36. The van der Waals surface area contributed by atoms with Gasteiger partial charge in [-0.3, -0.25) is 4.79 Å². The molecule has 0 atom stereocenters. The van der Waals surface area contributed by atoms with E-state index >= 15 is 0 Å². The van der Waals surface area contributed by atoms with Crippen molar-refractivity contribution in [2.45, 2.75) is 5.75 Å². The number of nitrogens with zero attached hydrogens (tertiary/aromatic N) is 1. The Morgan fingerprint density at radius 1 is 1.41 bits per heavy atom. The van der Waals surface area contributed by atoms with E-state index in [2.05, 4.69) is 15.9 Å². The fourth-order valence-electron chi connectivity index (χ4n) is 1.21. The second-order valence-corrected chi connectivity index (χ2v) is 6.43. The third-order valence-electron chi connectivity index (χ3n) is 2.13. The van der Waals surface area contributed by atoms with Gasteiger partial charge in [-0.15, -0.1) is 0 Å². The van der Waals surface area contributed by atoms with Crippen LogP contribution in [-0.4, -0.2) is 37.4 Å². The summed E-state index contributed by atoms with van der Waals surface area (Å²) in [6.45, 7) is -0.535. The second kappa shape index (κ2) is 5.61. The van der Waals surface area contributed by atoms with Crippen LogP contribution >= 0.6 is 15.9 Å². The van der Waals surface area contributed by atoms with Crippen molar-refractivity contribution in [3.8, 4) is 0 Å². The van der Waals surface area contributed by atoms with Gasteiger partial charge >= 0.3 is 5.97 Å². The minimum absolute atomic E-state index is 0.224. The summed E-state index contributed by atoms with van der Waals surface area (Å²) < 4.78 is 25.2. The van der Waals surface area contributed by atoms with Crippen LogP contribution in [0.4, 0.5) is 0 Å². The molecule has 1 N–H and O–H groups in total. The van der Waals surface area contributed by atoms with Gasteiger partial charge in [0.25, 0.3) is 0 Å². The molecule has 7 heteroatoms. The highest BCUT2D eigenvalue weighted by molar-refractivity contribution is 9.10. The van der Waals surface area contributed by atoms with Crippen LogP contribution in [0.2, 0.25) is 0 Å². The Labute approximate surface area is 108 Å². The maximum atomic E-state index is 11.8. The molecule has 0 radical (unpaired) electrons. The van der Waals surface area contributed by atoms with Gasteiger partial charge in [0.15, 0.2) is 0 Å². The molecule has 0 saturated heterocycles. The molecule has 0 saturated carbocycles. The number of halogens is 1. The Hall–Kier alpha value is -0.920. The minimum Gasteiger partial charge on any atom is -0.480 e. The lowest BCUT2D eigenvalue weighted by atomic mass is 10.2. The maximum Gasteiger partial charge on any atom is 0.318 e. The molecule has 0 aliphatic carbocycles. The average Bonchev–Trinajstić information content (AvgIpc) is 2.20. The quantitative estimate of drug-likeness (QED) is 0.886. The van der Waals surface area contributed by atoms with Crippen LogP contribution in [0.25, 0.3) is 0 Å². The molecule has 17 heavy (non-hydrogen) atoms. The predicted molar refractivity (Wildman–Crippen MR) is 67.0 cm³/mol. The summed E-state index contributed by atoms with van der Waals surface area (Å²) in [5.74, 6) is -1.40. The largest absolute Gasteiger partial charge is 0.480 e. The highest BCUT2D eigenvalue weighted by atomic mass is 79.9. The average molecular weight is 322 g/mol. The molecule has 94 valence electrons. The van der Waals surface area contributed by atoms with Gasteiger partial charge in [0.1, 0.15) is 6.54 Å². The van der Waals surface area contributed by atoms with Crippen LogP contribution < -0.4 is 0 Å². The molecule has 1 aromatic carbocycles. The Balaban J connectivity index is 2.87. The van der Waals surface area contributed by atoms with E-state index < -0.39 is 22.5 Å². The van der Waals surface area contributed by atoms with Crippen molar-refractivity contribution < 1.29 is 18.3 Å². The number of sulfonamides is 1. The first-order valence-electron chi connectivity index (χ1n) is 4.72. The monoisotopic (exact) mass is 321 g/mol. The topological polar surface area (TPSA) is 74.7 Å². The van der Waals surface area contributed by atoms with E-state index in [-0.39, 0.29) is 5.75 Å². The van der Waals surface area contributed by atoms with Crippen LogP contribution in [-0.2, 0) is 20.6 Å². The molecule has 0 aliphatic heterocycles. The first-order chi connectivity index (χ1) is 7.83. The van der Waals surface area contributed by atoms with Crippen molar-refractivity contribution in [2.75, 3.05) is 13.6 Å². The number of benzene rings is 1. The summed E-state index contributed by atoms with van der Waals surface area (Å²) in [4.78, 5) is 10.5. The van der Waals surface area contributed by atoms with E-state index in [1.54, 1.807) is 24.3 Å². The number of carbonyl (C=O) groups is 1. The molecule has 1 rings (SSSR count). The molecule has 5 nitrogen and oxygen atoms in total. The molecule has 0 spiro atoms. The Morgan fingerprint density at radius 3 is 2.53 bits per heavy atom. The predicted octanol–water partition coefficient (Wildman–Crippen LogP) is 1.30. The Bertz CT molecular complexity index is 515. The third-order valence-corrected chi connectivity index (χ3v) is 4.66. The summed E-state index contributed by atoms with van der Waals surface area (Å²) >= 11 is 3.25. The molecular weight excluding hydrogens is 310 g/mol. The Kier molecular flexibility index (Phi) is 4.67. The standard InChI is InChI=1S/C10H12BrNO4S/c1-12(6-10(13)14)17(15,16)7-8-4-2-3-5-9(8)11/h2-5H,6-7H2,1H3,(H,13,14). The van der Waals surface area contributed by atoms with E-state index in [1.807, 2.05) is 0 Å². The lowest BCUT2D eigenvalue weighted by Gasteiger charge is -2.15. The first-order valence-corrected chi connectivity index (χ1v) is 7.12. The number of hydrogen-bond acceptors (Lipinski definition) is 3. The molecule has 0 heterocycles. The van der Waals surface area contributed by atoms with Gasteiger partial charge in [0.2, 0.25) is 10.0 Å². The van der Waals surface area contributed by atoms with Crippen molar-refractivity contribution >= 4 is 31.9 Å². The van der Waals surface area contributed by atoms with Crippen LogP contribution in [0.1, 0.15) is 5.56 Å². The van der Waals surface area contributed by atoms with E-state index in [0.29, 0.717) is 10.0 Å². The van der Waals surface area contributed by atoms with Crippen molar-refractivity contribution in [3.05, 3.63) is 34.3 Å². The number of carboxylic acid groups (broad SMARTS) is 1. The number of rotatable bonds is 5. The number of hydrogen-bond donors (Lipinski definition) is 1. The number of carboxylic acids is 1. The van der Waals surface area contributed by atoms with E-state index in [1.165, 1.54) is 7.05 Å². The van der Waals surface area contributed by atoms with Crippen molar-refractivity contribution in [3.63, 3.8) is 0 Å². The van der Waals surface area contributed by atoms with Gasteiger partial charge in [-0.05, 0) is 11.6 Å². The van der Waals surface area contributed by atoms with Crippen molar-refractivity contribution in [1.29, 1.82) is 0 Å². The molecule has 0 aliphatic rings. The van der Waals surface area contributed by atoms with Gasteiger partial charge in [0.05, 0.1) is 5.75 Å². The zero-order valence-corrected chi connectivity index (χ0v) is 11.5. The van der Waals surface area contributed by atoms with Crippen LogP contribution in [0.15, 0.2) is 28.7 Å². The molecule has 0 amide bonds. The van der Waals surface area contributed by atoms with Crippen LogP contribution in [0.5, 0.6) is 0 Å². The fraction of sp³-hybridized carbons (Fsp3) is 0.300. The molecule has 0 aromatic heterocycles. The maximum absolute atomic E-state index is 11.8. The van der Waals surface area contributed by atoms with E-state index in [9.17, 15) is 13.2 Å². The van der Waals surface area contributed by atoms with Crippen molar-refractivity contribution in [1.82, 2.24) is 4.31 Å². The summed E-state index contributed by atoms with van der Waals surface area (Å²) in [5, 5.41) is 8.55. The van der Waals surface area contributed by atoms with Gasteiger partial charge in [-0.25, -0.2) is 8.42 Å². The van der Waals surface area contributed by atoms with Gasteiger partial charge in [0, 0.05) is 11.5 Å². The van der Waals surface area contributed by atoms with E-state index in [4.69, 9.17) is 5.11 Å². The molecule has 0 unspecified atom stereocenters. The summed E-state index contributed by atoms with van der Waals surface area (Å²) in [5.41, 5.74) is 0.602. The normalized spacial score (nSPS) is 11.7.